The van der Waals surface area contributed by atoms with Crippen LogP contribution >= 0.6 is 11.3 Å². The average molecular weight is 704 g/mol. The quantitative estimate of drug-likeness (QED) is 0.161. The highest BCUT2D eigenvalue weighted by Gasteiger charge is 2.17. The predicted molar refractivity (Wildman–Crippen MR) is 235 cm³/mol. The monoisotopic (exact) mass is 703 g/mol. The van der Waals surface area contributed by atoms with E-state index in [-0.39, 0.29) is 0 Å². The second-order valence-electron chi connectivity index (χ2n) is 14.1. The minimum atomic E-state index is 1.11. The van der Waals surface area contributed by atoms with E-state index in [4.69, 9.17) is 0 Å². The highest BCUT2D eigenvalue weighted by Crippen LogP contribution is 2.43. The van der Waals surface area contributed by atoms with E-state index < -0.39 is 0 Å². The van der Waals surface area contributed by atoms with Crippen LogP contribution in [0.4, 0.5) is 17.1 Å². The molecule has 1 heterocycles. The van der Waals surface area contributed by atoms with E-state index in [9.17, 15) is 0 Å². The van der Waals surface area contributed by atoms with E-state index in [1.807, 2.05) is 11.3 Å². The van der Waals surface area contributed by atoms with Crippen LogP contribution < -0.4 is 4.90 Å². The van der Waals surface area contributed by atoms with Gasteiger partial charge in [0, 0.05) is 37.2 Å². The van der Waals surface area contributed by atoms with Crippen molar-refractivity contribution in [2.45, 2.75) is 0 Å². The van der Waals surface area contributed by atoms with Crippen molar-refractivity contribution < 1.29 is 0 Å². The summed E-state index contributed by atoms with van der Waals surface area (Å²) in [6, 6.07) is 73.5. The Bertz CT molecular complexity index is 3210. The van der Waals surface area contributed by atoms with Gasteiger partial charge < -0.3 is 4.90 Å². The summed E-state index contributed by atoms with van der Waals surface area (Å²) in [7, 11) is 0. The number of thiophene rings is 1. The number of anilines is 3. The zero-order chi connectivity index (χ0) is 35.6. The van der Waals surface area contributed by atoms with Gasteiger partial charge in [-0.25, -0.2) is 0 Å². The van der Waals surface area contributed by atoms with Crippen LogP contribution in [0.2, 0.25) is 0 Å². The first-order valence-corrected chi connectivity index (χ1v) is 19.3. The zero-order valence-corrected chi connectivity index (χ0v) is 30.2. The molecule has 0 atom stereocenters. The van der Waals surface area contributed by atoms with Gasteiger partial charge in [0.1, 0.15) is 0 Å². The molecule has 0 saturated heterocycles. The molecule has 252 valence electrons. The van der Waals surface area contributed by atoms with Crippen molar-refractivity contribution >= 4 is 91.7 Å². The van der Waals surface area contributed by atoms with E-state index in [1.54, 1.807) is 0 Å². The molecule has 1 aromatic heterocycles. The smallest absolute Gasteiger partial charge is 0.0468 e. The molecule has 10 aromatic carbocycles. The fraction of sp³-hybridized carbons (Fsp3) is 0. The van der Waals surface area contributed by atoms with Crippen molar-refractivity contribution in [1.29, 1.82) is 0 Å². The Kier molecular flexibility index (Phi) is 7.11. The van der Waals surface area contributed by atoms with Crippen molar-refractivity contribution in [1.82, 2.24) is 0 Å². The molecule has 2 heteroatoms. The molecule has 11 rings (SSSR count). The summed E-state index contributed by atoms with van der Waals surface area (Å²) in [6.45, 7) is 0. The van der Waals surface area contributed by atoms with Gasteiger partial charge >= 0.3 is 0 Å². The predicted octanol–water partition coefficient (Wildman–Crippen LogP) is 15.5. The first kappa shape index (κ1) is 30.8. The van der Waals surface area contributed by atoms with Gasteiger partial charge in [-0.15, -0.1) is 11.3 Å². The normalized spacial score (nSPS) is 11.7. The highest BCUT2D eigenvalue weighted by atomic mass is 32.1. The van der Waals surface area contributed by atoms with Crippen molar-refractivity contribution in [3.63, 3.8) is 0 Å². The molecule has 0 aliphatic rings. The lowest BCUT2D eigenvalue weighted by molar-refractivity contribution is 1.29. The largest absolute Gasteiger partial charge is 0.310 e. The van der Waals surface area contributed by atoms with E-state index >= 15 is 0 Å². The number of nitrogens with zero attached hydrogens (tertiary/aromatic N) is 1. The Balaban J connectivity index is 1.05. The van der Waals surface area contributed by atoms with Gasteiger partial charge in [0.2, 0.25) is 0 Å². The second kappa shape index (κ2) is 12.4. The lowest BCUT2D eigenvalue weighted by Gasteiger charge is -2.26. The van der Waals surface area contributed by atoms with Crippen LogP contribution in [0.15, 0.2) is 200 Å². The summed E-state index contributed by atoms with van der Waals surface area (Å²) in [5.74, 6) is 0. The van der Waals surface area contributed by atoms with Gasteiger partial charge in [-0.3, -0.25) is 0 Å². The maximum Gasteiger partial charge on any atom is 0.0468 e. The van der Waals surface area contributed by atoms with E-state index in [1.165, 1.54) is 85.5 Å². The van der Waals surface area contributed by atoms with Crippen molar-refractivity contribution in [3.8, 4) is 22.3 Å². The molecule has 0 radical (unpaired) electrons. The lowest BCUT2D eigenvalue weighted by Crippen LogP contribution is -2.10. The van der Waals surface area contributed by atoms with Gasteiger partial charge in [0.25, 0.3) is 0 Å². The Hall–Kier alpha value is -6.74. The summed E-state index contributed by atoms with van der Waals surface area (Å²) in [6.07, 6.45) is 0. The fourth-order valence-electron chi connectivity index (χ4n) is 8.39. The van der Waals surface area contributed by atoms with Crippen LogP contribution in [0.25, 0.3) is 85.5 Å². The first-order valence-electron chi connectivity index (χ1n) is 18.5. The Morgan fingerprint density at radius 2 is 0.870 bits per heavy atom. The van der Waals surface area contributed by atoms with Crippen LogP contribution in [0, 0.1) is 0 Å². The molecule has 54 heavy (non-hydrogen) atoms. The van der Waals surface area contributed by atoms with Crippen molar-refractivity contribution in [2.75, 3.05) is 4.90 Å². The molecule has 0 N–H and O–H groups in total. The van der Waals surface area contributed by atoms with Gasteiger partial charge in [0.05, 0.1) is 0 Å². The number of hydrogen-bond acceptors (Lipinski definition) is 2. The van der Waals surface area contributed by atoms with Crippen LogP contribution in [0.1, 0.15) is 0 Å². The molecule has 11 aromatic rings. The summed E-state index contributed by atoms with van der Waals surface area (Å²) >= 11 is 1.87. The van der Waals surface area contributed by atoms with Crippen molar-refractivity contribution in [2.24, 2.45) is 0 Å². The van der Waals surface area contributed by atoms with Crippen LogP contribution in [0.5, 0.6) is 0 Å². The van der Waals surface area contributed by atoms with E-state index in [2.05, 4.69) is 205 Å². The minimum Gasteiger partial charge on any atom is -0.310 e. The maximum atomic E-state index is 2.39. The van der Waals surface area contributed by atoms with Crippen LogP contribution in [-0.2, 0) is 0 Å². The Morgan fingerprint density at radius 3 is 1.74 bits per heavy atom. The number of rotatable bonds is 5. The molecule has 0 aliphatic carbocycles. The molecule has 0 bridgehead atoms. The third-order valence-electron chi connectivity index (χ3n) is 11.0. The van der Waals surface area contributed by atoms with Crippen molar-refractivity contribution in [3.05, 3.63) is 200 Å². The molecule has 0 spiro atoms. The Morgan fingerprint density at radius 1 is 0.278 bits per heavy atom. The minimum absolute atomic E-state index is 1.11. The Labute approximate surface area is 317 Å². The zero-order valence-electron chi connectivity index (χ0n) is 29.4. The number of fused-ring (bicyclic) bond motifs is 10. The van der Waals surface area contributed by atoms with Gasteiger partial charge in [0.15, 0.2) is 0 Å². The SMILES string of the molecule is c1ccc(-c2cccc(N(c3ccc(-c4ccc5ccc6ccc7ccccc7c6c5c4)cc3)c3ccc4c(ccc5sc6ccccc6c54)c3)c2)cc1. The standard InChI is InChI=1S/C52H33NS/c1-2-9-34(10-3-1)39-12-8-13-43(31-39)53(44-28-29-46-41(32-44)25-30-50-52(46)47-15-6-7-16-49(47)54-50)42-26-23-35(24-27-42)40-22-19-37-18-21-38-20-17-36-11-4-5-14-45(36)51(38)48(37)33-40/h1-33H. The number of benzene rings is 10. The average Bonchev–Trinajstić information content (AvgIpc) is 3.63. The molecular formula is C52H33NS. The van der Waals surface area contributed by atoms with Crippen LogP contribution in [-0.4, -0.2) is 0 Å². The summed E-state index contributed by atoms with van der Waals surface area (Å²) < 4.78 is 2.66. The molecule has 0 saturated carbocycles. The summed E-state index contributed by atoms with van der Waals surface area (Å²) in [4.78, 5) is 2.39. The summed E-state index contributed by atoms with van der Waals surface area (Å²) in [5.41, 5.74) is 8.17. The van der Waals surface area contributed by atoms with E-state index in [0.717, 1.165) is 17.1 Å². The molecule has 0 amide bonds. The maximum absolute atomic E-state index is 2.39. The van der Waals surface area contributed by atoms with Gasteiger partial charge in [-0.2, -0.15) is 0 Å². The molecule has 0 aliphatic heterocycles. The number of hydrogen-bond donors (Lipinski definition) is 0. The van der Waals surface area contributed by atoms with E-state index in [0.29, 0.717) is 0 Å². The third-order valence-corrected chi connectivity index (χ3v) is 12.1. The van der Waals surface area contributed by atoms with Gasteiger partial charge in [-0.1, -0.05) is 146 Å². The molecule has 1 nitrogen and oxygen atoms in total. The third kappa shape index (κ3) is 5.07. The highest BCUT2D eigenvalue weighted by molar-refractivity contribution is 7.26. The molecular weight excluding hydrogens is 671 g/mol. The lowest BCUT2D eigenvalue weighted by atomic mass is 9.94. The topological polar surface area (TPSA) is 3.24 Å². The first-order chi connectivity index (χ1) is 26.7. The molecule has 0 unspecified atom stereocenters. The second-order valence-corrected chi connectivity index (χ2v) is 15.2. The molecule has 0 fully saturated rings. The van der Waals surface area contributed by atoms with Gasteiger partial charge in [-0.05, 0) is 120 Å². The van der Waals surface area contributed by atoms with Crippen LogP contribution in [0.3, 0.4) is 0 Å². The fourth-order valence-corrected chi connectivity index (χ4v) is 9.51. The summed E-state index contributed by atoms with van der Waals surface area (Å²) in [5, 5.41) is 12.9.